The van der Waals surface area contributed by atoms with Gasteiger partial charge in [0, 0.05) is 0 Å². The molecule has 0 saturated carbocycles. The first kappa shape index (κ1) is 17.3. The summed E-state index contributed by atoms with van der Waals surface area (Å²) in [6, 6.07) is 17.7. The van der Waals surface area contributed by atoms with Crippen LogP contribution in [-0.4, -0.2) is 13.1 Å². The van der Waals surface area contributed by atoms with Gasteiger partial charge in [0.25, 0.3) is 0 Å². The maximum Gasteiger partial charge on any atom is 0.130 e. The minimum atomic E-state index is 0. The average Bonchev–Trinajstić information content (AvgIpc) is 2.58. The Morgan fingerprint density at radius 3 is 2.65 bits per heavy atom. The lowest BCUT2D eigenvalue weighted by molar-refractivity contribution is 0.367. The van der Waals surface area contributed by atoms with Crippen molar-refractivity contribution < 1.29 is 4.74 Å². The van der Waals surface area contributed by atoms with Crippen molar-refractivity contribution in [3.8, 4) is 17.6 Å². The molecule has 120 valence electrons. The van der Waals surface area contributed by atoms with Crippen LogP contribution >= 0.6 is 12.4 Å². The molecule has 0 amide bonds. The summed E-state index contributed by atoms with van der Waals surface area (Å²) in [7, 11) is 0. The summed E-state index contributed by atoms with van der Waals surface area (Å²) in [5.74, 6) is 2.34. The number of rotatable bonds is 4. The Morgan fingerprint density at radius 1 is 1.09 bits per heavy atom. The van der Waals surface area contributed by atoms with E-state index in [1.807, 2.05) is 24.3 Å². The van der Waals surface area contributed by atoms with E-state index in [0.717, 1.165) is 36.9 Å². The van der Waals surface area contributed by atoms with Crippen LogP contribution in [0.25, 0.3) is 0 Å². The van der Waals surface area contributed by atoms with Gasteiger partial charge in [-0.1, -0.05) is 24.3 Å². The monoisotopic (exact) mass is 328 g/mol. The summed E-state index contributed by atoms with van der Waals surface area (Å²) in [5, 5.41) is 12.4. The first-order valence-electron chi connectivity index (χ1n) is 7.82. The maximum absolute atomic E-state index is 8.99. The summed E-state index contributed by atoms with van der Waals surface area (Å²) in [4.78, 5) is 0. The molecule has 3 rings (SSSR count). The first-order chi connectivity index (χ1) is 10.8. The lowest BCUT2D eigenvalue weighted by Crippen LogP contribution is -2.28. The second-order valence-corrected chi connectivity index (χ2v) is 5.75. The van der Waals surface area contributed by atoms with Crippen LogP contribution in [0.5, 0.6) is 11.5 Å². The molecule has 23 heavy (non-hydrogen) atoms. The van der Waals surface area contributed by atoms with Crippen molar-refractivity contribution in [2.24, 2.45) is 5.92 Å². The number of hydrogen-bond acceptors (Lipinski definition) is 3. The molecule has 0 unspecified atom stereocenters. The lowest BCUT2D eigenvalue weighted by Gasteiger charge is -2.23. The fraction of sp³-hybridized carbons (Fsp3) is 0.316. The van der Waals surface area contributed by atoms with E-state index in [1.54, 1.807) is 12.1 Å². The molecule has 1 N–H and O–H groups in total. The summed E-state index contributed by atoms with van der Waals surface area (Å²) >= 11 is 0. The third-order valence-electron chi connectivity index (χ3n) is 4.13. The van der Waals surface area contributed by atoms with Gasteiger partial charge in [0.1, 0.15) is 11.5 Å². The molecular weight excluding hydrogens is 308 g/mol. The number of halogens is 1. The predicted molar refractivity (Wildman–Crippen MR) is 94.2 cm³/mol. The molecule has 1 saturated heterocycles. The van der Waals surface area contributed by atoms with E-state index in [9.17, 15) is 0 Å². The van der Waals surface area contributed by atoms with E-state index in [-0.39, 0.29) is 12.4 Å². The molecule has 3 nitrogen and oxygen atoms in total. The Bertz CT molecular complexity index is 675. The number of ether oxygens (including phenoxy) is 1. The zero-order valence-electron chi connectivity index (χ0n) is 13.0. The number of piperidine rings is 1. The van der Waals surface area contributed by atoms with Crippen LogP contribution in [0, 0.1) is 17.2 Å². The van der Waals surface area contributed by atoms with Crippen LogP contribution in [0.1, 0.15) is 24.0 Å². The molecule has 1 aliphatic heterocycles. The van der Waals surface area contributed by atoms with Crippen LogP contribution < -0.4 is 10.1 Å². The van der Waals surface area contributed by atoms with Crippen molar-refractivity contribution >= 4 is 12.4 Å². The third-order valence-corrected chi connectivity index (χ3v) is 4.13. The predicted octanol–water partition coefficient (Wildman–Crippen LogP) is 4.31. The number of nitrogens with zero attached hydrogens (tertiary/aromatic N) is 1. The quantitative estimate of drug-likeness (QED) is 0.909. The molecule has 0 aromatic heterocycles. The molecule has 2 aromatic carbocycles. The number of nitrogens with one attached hydrogen (secondary N) is 1. The Morgan fingerprint density at radius 2 is 1.87 bits per heavy atom. The molecule has 0 spiro atoms. The summed E-state index contributed by atoms with van der Waals surface area (Å²) < 4.78 is 6.03. The molecule has 0 radical (unpaired) electrons. The van der Waals surface area contributed by atoms with E-state index in [2.05, 4.69) is 23.5 Å². The van der Waals surface area contributed by atoms with Crippen molar-refractivity contribution in [3.63, 3.8) is 0 Å². The molecular formula is C19H21ClN2O. The molecule has 1 fully saturated rings. The highest BCUT2D eigenvalue weighted by Crippen LogP contribution is 2.29. The van der Waals surface area contributed by atoms with Crippen LogP contribution in [0.4, 0.5) is 0 Å². The van der Waals surface area contributed by atoms with Gasteiger partial charge >= 0.3 is 0 Å². The highest BCUT2D eigenvalue weighted by atomic mass is 35.5. The van der Waals surface area contributed by atoms with Gasteiger partial charge in [0.2, 0.25) is 0 Å². The zero-order valence-corrected chi connectivity index (χ0v) is 13.8. The highest BCUT2D eigenvalue weighted by Gasteiger charge is 2.16. The molecule has 0 bridgehead atoms. The number of para-hydroxylation sites is 1. The summed E-state index contributed by atoms with van der Waals surface area (Å²) in [5.41, 5.74) is 1.87. The minimum Gasteiger partial charge on any atom is -0.457 e. The molecule has 1 heterocycles. The first-order valence-corrected chi connectivity index (χ1v) is 7.82. The number of hydrogen-bond donors (Lipinski definition) is 1. The van der Waals surface area contributed by atoms with Crippen molar-refractivity contribution in [1.82, 2.24) is 5.32 Å². The smallest absolute Gasteiger partial charge is 0.130 e. The summed E-state index contributed by atoms with van der Waals surface area (Å²) in [6.45, 7) is 2.22. The second kappa shape index (κ2) is 8.57. The topological polar surface area (TPSA) is 45.0 Å². The Hall–Kier alpha value is -2.02. The number of nitriles is 1. The van der Waals surface area contributed by atoms with Gasteiger partial charge in [-0.25, -0.2) is 0 Å². The van der Waals surface area contributed by atoms with Gasteiger partial charge in [-0.15, -0.1) is 12.4 Å². The van der Waals surface area contributed by atoms with Gasteiger partial charge in [0.15, 0.2) is 0 Å². The minimum absolute atomic E-state index is 0. The van der Waals surface area contributed by atoms with Gasteiger partial charge in [-0.2, -0.15) is 5.26 Å². The lowest BCUT2D eigenvalue weighted by atomic mass is 9.90. The van der Waals surface area contributed by atoms with Gasteiger partial charge in [0.05, 0.1) is 11.6 Å². The van der Waals surface area contributed by atoms with Gasteiger partial charge in [-0.05, 0) is 68.1 Å². The van der Waals surface area contributed by atoms with E-state index in [0.29, 0.717) is 5.56 Å². The largest absolute Gasteiger partial charge is 0.457 e. The van der Waals surface area contributed by atoms with Crippen LogP contribution in [-0.2, 0) is 6.42 Å². The van der Waals surface area contributed by atoms with E-state index < -0.39 is 0 Å². The Balaban J connectivity index is 0.00000192. The van der Waals surface area contributed by atoms with Crippen LogP contribution in [0.15, 0.2) is 48.5 Å². The van der Waals surface area contributed by atoms with E-state index in [4.69, 9.17) is 10.00 Å². The SMILES string of the molecule is Cl.N#Cc1cccc(Oc2ccccc2CC2CCNCC2)c1. The average molecular weight is 329 g/mol. The molecule has 0 atom stereocenters. The van der Waals surface area contributed by atoms with Crippen molar-refractivity contribution in [2.45, 2.75) is 19.3 Å². The fourth-order valence-electron chi connectivity index (χ4n) is 2.92. The molecule has 1 aliphatic rings. The van der Waals surface area contributed by atoms with E-state index >= 15 is 0 Å². The summed E-state index contributed by atoms with van der Waals surface area (Å²) in [6.07, 6.45) is 3.49. The van der Waals surface area contributed by atoms with Crippen molar-refractivity contribution in [2.75, 3.05) is 13.1 Å². The zero-order chi connectivity index (χ0) is 15.2. The standard InChI is InChI=1S/C19H20N2O.ClH/c20-14-16-4-3-6-18(13-16)22-19-7-2-1-5-17(19)12-15-8-10-21-11-9-15;/h1-7,13,15,21H,8-12H2;1H. The number of benzene rings is 2. The second-order valence-electron chi connectivity index (χ2n) is 5.75. The van der Waals surface area contributed by atoms with Gasteiger partial charge < -0.3 is 10.1 Å². The van der Waals surface area contributed by atoms with Crippen LogP contribution in [0.3, 0.4) is 0 Å². The molecule has 2 aromatic rings. The van der Waals surface area contributed by atoms with Crippen molar-refractivity contribution in [3.05, 3.63) is 59.7 Å². The Labute approximate surface area is 143 Å². The van der Waals surface area contributed by atoms with Crippen molar-refractivity contribution in [1.29, 1.82) is 5.26 Å². The molecule has 4 heteroatoms. The normalized spacial score (nSPS) is 14.6. The van der Waals surface area contributed by atoms with E-state index in [1.165, 1.54) is 18.4 Å². The fourth-order valence-corrected chi connectivity index (χ4v) is 2.92. The van der Waals surface area contributed by atoms with Crippen LogP contribution in [0.2, 0.25) is 0 Å². The third kappa shape index (κ3) is 4.72. The highest BCUT2D eigenvalue weighted by molar-refractivity contribution is 5.85. The Kier molecular flexibility index (Phi) is 6.46. The molecule has 0 aliphatic carbocycles. The van der Waals surface area contributed by atoms with Gasteiger partial charge in [-0.3, -0.25) is 0 Å². The maximum atomic E-state index is 8.99.